The molecule has 132 valence electrons. The van der Waals surface area contributed by atoms with Crippen LogP contribution in [0.1, 0.15) is 19.8 Å². The first-order chi connectivity index (χ1) is 11.6. The molecule has 0 bridgehead atoms. The Balaban J connectivity index is 1.89. The van der Waals surface area contributed by atoms with E-state index < -0.39 is 0 Å². The lowest BCUT2D eigenvalue weighted by Crippen LogP contribution is -2.30. The van der Waals surface area contributed by atoms with Crippen LogP contribution in [0.25, 0.3) is 10.9 Å². The molecule has 0 aliphatic carbocycles. The Kier molecular flexibility index (Phi) is 8.40. The summed E-state index contributed by atoms with van der Waals surface area (Å²) in [5, 5.41) is 5.39. The fourth-order valence-electron chi connectivity index (χ4n) is 2.78. The van der Waals surface area contributed by atoms with Crippen molar-refractivity contribution in [3.8, 4) is 0 Å². The minimum Gasteiger partial charge on any atom is -0.382 e. The third kappa shape index (κ3) is 5.96. The zero-order valence-electron chi connectivity index (χ0n) is 13.9. The predicted molar refractivity (Wildman–Crippen MR) is 107 cm³/mol. The van der Waals surface area contributed by atoms with Crippen molar-refractivity contribution in [3.05, 3.63) is 35.5 Å². The summed E-state index contributed by atoms with van der Waals surface area (Å²) >= 11 is 17.7. The topological polar surface area (TPSA) is 28.2 Å². The molecule has 0 fully saturated rings. The van der Waals surface area contributed by atoms with Gasteiger partial charge in [-0.25, -0.2) is 0 Å². The molecule has 1 aromatic carbocycles. The Hall–Kier alpha value is -0.740. The predicted octanol–water partition coefficient (Wildman–Crippen LogP) is 5.25. The van der Waals surface area contributed by atoms with Gasteiger partial charge in [0.05, 0.1) is 5.52 Å². The molecule has 0 aliphatic heterocycles. The third-order valence-electron chi connectivity index (χ3n) is 4.02. The molecular formula is C18H24Cl3N3. The van der Waals surface area contributed by atoms with Crippen LogP contribution in [0.3, 0.4) is 0 Å². The zero-order valence-corrected chi connectivity index (χ0v) is 16.2. The molecular weight excluding hydrogens is 365 g/mol. The molecule has 0 amide bonds. The summed E-state index contributed by atoms with van der Waals surface area (Å²) in [6.45, 7) is 5.02. The second kappa shape index (κ2) is 10.3. The number of fused-ring (bicyclic) bond motifs is 1. The highest BCUT2D eigenvalue weighted by Crippen LogP contribution is 2.25. The molecule has 6 heteroatoms. The van der Waals surface area contributed by atoms with Crippen LogP contribution in [0.2, 0.25) is 5.02 Å². The van der Waals surface area contributed by atoms with Gasteiger partial charge in [0.25, 0.3) is 0 Å². The average molecular weight is 389 g/mol. The Morgan fingerprint density at radius 1 is 1.12 bits per heavy atom. The first-order valence-electron chi connectivity index (χ1n) is 8.29. The van der Waals surface area contributed by atoms with E-state index in [0.29, 0.717) is 22.8 Å². The second-order valence-corrected chi connectivity index (χ2v) is 7.12. The van der Waals surface area contributed by atoms with E-state index in [4.69, 9.17) is 34.8 Å². The van der Waals surface area contributed by atoms with Gasteiger partial charge in [0.2, 0.25) is 0 Å². The maximum absolute atomic E-state index is 6.04. The fourth-order valence-corrected chi connectivity index (χ4v) is 3.42. The summed E-state index contributed by atoms with van der Waals surface area (Å²) < 4.78 is 0. The standard InChI is InChI=1S/C18H24Cl3N3/c1-14(3-2-10-24(11-7-19)12-8-20)23-17-6-9-22-18-13-15(21)4-5-16(17)18/h4-6,9,13-14H,2-3,7-8,10-12H2,1H3,(H,22,23). The van der Waals surface area contributed by atoms with E-state index >= 15 is 0 Å². The van der Waals surface area contributed by atoms with E-state index in [1.165, 1.54) is 0 Å². The van der Waals surface area contributed by atoms with Gasteiger partial charge in [-0.1, -0.05) is 11.6 Å². The van der Waals surface area contributed by atoms with E-state index in [2.05, 4.69) is 22.1 Å². The molecule has 1 N–H and O–H groups in total. The fraction of sp³-hybridized carbons (Fsp3) is 0.500. The van der Waals surface area contributed by atoms with Gasteiger partial charge in [0.15, 0.2) is 0 Å². The highest BCUT2D eigenvalue weighted by atomic mass is 35.5. The van der Waals surface area contributed by atoms with Crippen LogP contribution in [0.5, 0.6) is 0 Å². The summed E-state index contributed by atoms with van der Waals surface area (Å²) in [7, 11) is 0. The number of pyridine rings is 1. The highest BCUT2D eigenvalue weighted by Gasteiger charge is 2.08. The van der Waals surface area contributed by atoms with Crippen molar-refractivity contribution in [3.63, 3.8) is 0 Å². The SMILES string of the molecule is CC(CCCN(CCCl)CCCl)Nc1ccnc2cc(Cl)ccc12. The van der Waals surface area contributed by atoms with Crippen LogP contribution in [0, 0.1) is 0 Å². The molecule has 0 saturated heterocycles. The Morgan fingerprint density at radius 2 is 1.88 bits per heavy atom. The minimum atomic E-state index is 0.375. The molecule has 1 atom stereocenters. The van der Waals surface area contributed by atoms with Gasteiger partial charge in [-0.15, -0.1) is 23.2 Å². The number of nitrogens with zero attached hydrogens (tertiary/aromatic N) is 2. The number of rotatable bonds is 10. The number of hydrogen-bond donors (Lipinski definition) is 1. The van der Waals surface area contributed by atoms with Gasteiger partial charge >= 0.3 is 0 Å². The van der Waals surface area contributed by atoms with E-state index in [1.807, 2.05) is 30.5 Å². The summed E-state index contributed by atoms with van der Waals surface area (Å²) in [5.41, 5.74) is 2.01. The van der Waals surface area contributed by atoms with Crippen LogP contribution < -0.4 is 5.32 Å². The molecule has 2 rings (SSSR count). The van der Waals surface area contributed by atoms with E-state index in [0.717, 1.165) is 49.1 Å². The summed E-state index contributed by atoms with van der Waals surface area (Å²) in [6, 6.07) is 8.20. The Labute approximate surface area is 159 Å². The molecule has 1 heterocycles. The monoisotopic (exact) mass is 387 g/mol. The normalized spacial score (nSPS) is 12.7. The lowest BCUT2D eigenvalue weighted by atomic mass is 10.1. The highest BCUT2D eigenvalue weighted by molar-refractivity contribution is 6.31. The van der Waals surface area contributed by atoms with Crippen molar-refractivity contribution in [2.75, 3.05) is 36.7 Å². The van der Waals surface area contributed by atoms with Gasteiger partial charge in [-0.05, 0) is 50.6 Å². The molecule has 24 heavy (non-hydrogen) atoms. The van der Waals surface area contributed by atoms with Crippen molar-refractivity contribution in [2.45, 2.75) is 25.8 Å². The maximum Gasteiger partial charge on any atom is 0.0737 e. The zero-order chi connectivity index (χ0) is 17.4. The van der Waals surface area contributed by atoms with E-state index in [-0.39, 0.29) is 0 Å². The van der Waals surface area contributed by atoms with Crippen molar-refractivity contribution in [1.82, 2.24) is 9.88 Å². The molecule has 0 spiro atoms. The Bertz CT molecular complexity index is 630. The molecule has 3 nitrogen and oxygen atoms in total. The first kappa shape index (κ1) is 19.6. The lowest BCUT2D eigenvalue weighted by Gasteiger charge is -2.22. The van der Waals surface area contributed by atoms with Gasteiger partial charge in [-0.2, -0.15) is 0 Å². The van der Waals surface area contributed by atoms with E-state index in [9.17, 15) is 0 Å². The van der Waals surface area contributed by atoms with Gasteiger partial charge < -0.3 is 10.2 Å². The maximum atomic E-state index is 6.04. The van der Waals surface area contributed by atoms with Crippen LogP contribution >= 0.6 is 34.8 Å². The van der Waals surface area contributed by atoms with Crippen LogP contribution in [-0.2, 0) is 0 Å². The number of nitrogens with one attached hydrogen (secondary N) is 1. The number of anilines is 1. The largest absolute Gasteiger partial charge is 0.382 e. The molecule has 2 aromatic rings. The van der Waals surface area contributed by atoms with Crippen LogP contribution in [0.15, 0.2) is 30.5 Å². The minimum absolute atomic E-state index is 0.375. The van der Waals surface area contributed by atoms with Gasteiger partial charge in [-0.3, -0.25) is 4.98 Å². The van der Waals surface area contributed by atoms with Gasteiger partial charge in [0, 0.05) is 53.2 Å². The van der Waals surface area contributed by atoms with Crippen molar-refractivity contribution >= 4 is 51.4 Å². The summed E-state index contributed by atoms with van der Waals surface area (Å²) in [4.78, 5) is 6.70. The van der Waals surface area contributed by atoms with Crippen molar-refractivity contribution < 1.29 is 0 Å². The molecule has 0 radical (unpaired) electrons. The van der Waals surface area contributed by atoms with Crippen molar-refractivity contribution in [1.29, 1.82) is 0 Å². The summed E-state index contributed by atoms with van der Waals surface area (Å²) in [5.74, 6) is 1.30. The second-order valence-electron chi connectivity index (χ2n) is 5.93. The van der Waals surface area contributed by atoms with Crippen LogP contribution in [0.4, 0.5) is 5.69 Å². The third-order valence-corrected chi connectivity index (χ3v) is 4.59. The molecule has 0 aliphatic rings. The number of halogens is 3. The van der Waals surface area contributed by atoms with Gasteiger partial charge in [0.1, 0.15) is 0 Å². The smallest absolute Gasteiger partial charge is 0.0737 e. The summed E-state index contributed by atoms with van der Waals surface area (Å²) in [6.07, 6.45) is 4.01. The quantitative estimate of drug-likeness (QED) is 0.563. The Morgan fingerprint density at radius 3 is 2.58 bits per heavy atom. The lowest BCUT2D eigenvalue weighted by molar-refractivity contribution is 0.298. The molecule has 1 unspecified atom stereocenters. The van der Waals surface area contributed by atoms with Crippen LogP contribution in [-0.4, -0.2) is 47.3 Å². The number of benzene rings is 1. The number of aromatic nitrogens is 1. The number of alkyl halides is 2. The molecule has 0 saturated carbocycles. The van der Waals surface area contributed by atoms with E-state index in [1.54, 1.807) is 0 Å². The first-order valence-corrected chi connectivity index (χ1v) is 9.74. The average Bonchev–Trinajstić information content (AvgIpc) is 2.55. The molecule has 1 aromatic heterocycles. The van der Waals surface area contributed by atoms with Crippen molar-refractivity contribution in [2.24, 2.45) is 0 Å². The number of hydrogen-bond acceptors (Lipinski definition) is 3.